The van der Waals surface area contributed by atoms with Crippen LogP contribution in [0.3, 0.4) is 0 Å². The van der Waals surface area contributed by atoms with Gasteiger partial charge >= 0.3 is 5.97 Å². The Kier molecular flexibility index (Phi) is 65.4. The van der Waals surface area contributed by atoms with Crippen LogP contribution in [0.5, 0.6) is 0 Å². The first-order chi connectivity index (χ1) is 38.0. The van der Waals surface area contributed by atoms with Gasteiger partial charge in [0, 0.05) is 12.8 Å². The van der Waals surface area contributed by atoms with Crippen molar-refractivity contribution in [3.63, 3.8) is 0 Å². The number of esters is 1. The highest BCUT2D eigenvalue weighted by atomic mass is 16.5. The van der Waals surface area contributed by atoms with Crippen molar-refractivity contribution in [2.75, 3.05) is 13.2 Å². The number of hydrogen-bond donors (Lipinski definition) is 3. The number of unbranched alkanes of at least 4 members (excludes halogenated alkanes) is 53. The number of rotatable bonds is 66. The molecule has 0 bridgehead atoms. The molecule has 456 valence electrons. The summed E-state index contributed by atoms with van der Waals surface area (Å²) in [6.45, 7) is 4.94. The van der Waals surface area contributed by atoms with E-state index in [9.17, 15) is 19.8 Å². The van der Waals surface area contributed by atoms with E-state index in [0.29, 0.717) is 19.4 Å². The predicted octanol–water partition coefficient (Wildman–Crippen LogP) is 22.5. The second kappa shape index (κ2) is 66.8. The molecule has 3 N–H and O–H groups in total. The number of aliphatic hydroxyl groups excluding tert-OH is 2. The molecule has 0 spiro atoms. The van der Waals surface area contributed by atoms with Crippen molar-refractivity contribution >= 4 is 11.9 Å². The number of amides is 1. The van der Waals surface area contributed by atoms with E-state index in [0.717, 1.165) is 38.5 Å². The molecule has 0 aliphatic carbocycles. The van der Waals surface area contributed by atoms with Gasteiger partial charge in [-0.25, -0.2) is 0 Å². The Morgan fingerprint density at radius 3 is 0.922 bits per heavy atom. The summed E-state index contributed by atoms with van der Waals surface area (Å²) in [5, 5.41) is 23.2. The number of carbonyl (C=O) groups excluding carboxylic acids is 2. The highest BCUT2D eigenvalue weighted by Gasteiger charge is 2.18. The van der Waals surface area contributed by atoms with E-state index in [4.69, 9.17) is 4.74 Å². The second-order valence-corrected chi connectivity index (χ2v) is 24.2. The highest BCUT2D eigenvalue weighted by molar-refractivity contribution is 5.76. The smallest absolute Gasteiger partial charge is 0.305 e. The van der Waals surface area contributed by atoms with Gasteiger partial charge in [-0.15, -0.1) is 0 Å². The monoisotopic (exact) mass is 1080 g/mol. The standard InChI is InChI=1S/C71H137NO5/c1-3-5-7-9-11-13-15-17-19-37-41-45-49-53-57-61-65-71(76)77-66-62-58-54-50-46-42-38-34-32-30-28-26-24-22-20-21-23-25-27-29-31-33-36-40-44-48-52-56-60-64-70(75)72-68(67-73)69(74)63-59-55-51-47-43-39-35-18-16-14-12-10-8-6-4-2/h20,22,59,63,68-69,73-74H,3-19,21,23-58,60-62,64-67H2,1-2H3,(H,72,75)/b22-20-,63-59+. The van der Waals surface area contributed by atoms with Gasteiger partial charge in [-0.2, -0.15) is 0 Å². The molecule has 0 rings (SSSR count). The van der Waals surface area contributed by atoms with Crippen LogP contribution in [0.25, 0.3) is 0 Å². The summed E-state index contributed by atoms with van der Waals surface area (Å²) in [6.07, 6.45) is 84.0. The molecule has 0 aliphatic rings. The summed E-state index contributed by atoms with van der Waals surface area (Å²) in [5.41, 5.74) is 0. The predicted molar refractivity (Wildman–Crippen MR) is 338 cm³/mol. The fourth-order valence-corrected chi connectivity index (χ4v) is 11.1. The minimum atomic E-state index is -0.843. The van der Waals surface area contributed by atoms with Gasteiger partial charge < -0.3 is 20.3 Å². The van der Waals surface area contributed by atoms with E-state index < -0.39 is 12.1 Å². The molecule has 0 aromatic heterocycles. The minimum absolute atomic E-state index is 0.0203. The van der Waals surface area contributed by atoms with Gasteiger partial charge in [0.25, 0.3) is 0 Å². The zero-order valence-electron chi connectivity index (χ0n) is 52.2. The molecule has 0 fully saturated rings. The van der Waals surface area contributed by atoms with Crippen LogP contribution < -0.4 is 5.32 Å². The minimum Gasteiger partial charge on any atom is -0.466 e. The number of hydrogen-bond acceptors (Lipinski definition) is 5. The number of aliphatic hydroxyl groups is 2. The molecule has 6 heteroatoms. The number of carbonyl (C=O) groups is 2. The van der Waals surface area contributed by atoms with Crippen LogP contribution in [0.1, 0.15) is 393 Å². The van der Waals surface area contributed by atoms with Crippen LogP contribution in [0, 0.1) is 0 Å². The number of nitrogens with one attached hydrogen (secondary N) is 1. The third-order valence-corrected chi connectivity index (χ3v) is 16.5. The first kappa shape index (κ1) is 75.3. The molecule has 1 amide bonds. The summed E-state index contributed by atoms with van der Waals surface area (Å²) < 4.78 is 5.50. The fourth-order valence-electron chi connectivity index (χ4n) is 11.1. The van der Waals surface area contributed by atoms with E-state index in [1.54, 1.807) is 6.08 Å². The lowest BCUT2D eigenvalue weighted by Crippen LogP contribution is -2.45. The maximum absolute atomic E-state index is 12.5. The van der Waals surface area contributed by atoms with Crippen molar-refractivity contribution in [2.45, 2.75) is 405 Å². The van der Waals surface area contributed by atoms with Gasteiger partial charge in [0.15, 0.2) is 0 Å². The Balaban J connectivity index is 3.37. The fraction of sp³-hybridized carbons (Fsp3) is 0.915. The number of ether oxygens (including phenoxy) is 1. The quantitative estimate of drug-likeness (QED) is 0.0320. The Morgan fingerprint density at radius 1 is 0.351 bits per heavy atom. The molecular weight excluding hydrogens is 947 g/mol. The lowest BCUT2D eigenvalue weighted by atomic mass is 10.0. The SMILES string of the molecule is CCCCCCCCCCCCCCC/C=C/C(O)C(CO)NC(=O)CCCCCCCCCCCCCCC/C=C\CCCCCCCCCCCCCCOC(=O)CCCCCCCCCCCCCCCCCC. The average Bonchev–Trinajstić information content (AvgIpc) is 3.43. The molecule has 0 saturated heterocycles. The molecule has 0 aromatic rings. The maximum atomic E-state index is 12.5. The average molecular weight is 1080 g/mol. The lowest BCUT2D eigenvalue weighted by Gasteiger charge is -2.20. The molecule has 0 aliphatic heterocycles. The van der Waals surface area contributed by atoms with Crippen molar-refractivity contribution in [1.29, 1.82) is 0 Å². The van der Waals surface area contributed by atoms with Crippen LogP contribution >= 0.6 is 0 Å². The van der Waals surface area contributed by atoms with E-state index in [1.807, 2.05) is 6.08 Å². The zero-order valence-corrected chi connectivity index (χ0v) is 52.2. The molecule has 2 atom stereocenters. The van der Waals surface area contributed by atoms with Crippen LogP contribution in [0.15, 0.2) is 24.3 Å². The molecule has 0 aromatic carbocycles. The van der Waals surface area contributed by atoms with Gasteiger partial charge in [0.1, 0.15) is 0 Å². The number of allylic oxidation sites excluding steroid dienone is 3. The Hall–Kier alpha value is -1.66. The Bertz CT molecular complexity index is 1200. The summed E-state index contributed by atoms with van der Waals surface area (Å²) >= 11 is 0. The van der Waals surface area contributed by atoms with Gasteiger partial charge in [-0.05, 0) is 57.8 Å². The molecule has 0 heterocycles. The van der Waals surface area contributed by atoms with Crippen LogP contribution in [-0.4, -0.2) is 47.4 Å². The normalized spacial score (nSPS) is 12.6. The molecule has 6 nitrogen and oxygen atoms in total. The molecular formula is C71H137NO5. The van der Waals surface area contributed by atoms with E-state index in [-0.39, 0.29) is 18.5 Å². The van der Waals surface area contributed by atoms with Crippen molar-refractivity contribution < 1.29 is 24.5 Å². The molecule has 0 saturated carbocycles. The van der Waals surface area contributed by atoms with Crippen LogP contribution in [-0.2, 0) is 14.3 Å². The molecule has 77 heavy (non-hydrogen) atoms. The van der Waals surface area contributed by atoms with E-state index in [1.165, 1.54) is 327 Å². The van der Waals surface area contributed by atoms with Gasteiger partial charge in [0.2, 0.25) is 5.91 Å². The van der Waals surface area contributed by atoms with Crippen molar-refractivity contribution in [1.82, 2.24) is 5.32 Å². The van der Waals surface area contributed by atoms with Crippen LogP contribution in [0.4, 0.5) is 0 Å². The Morgan fingerprint density at radius 2 is 0.610 bits per heavy atom. The Labute approximate surface area is 481 Å². The lowest BCUT2D eigenvalue weighted by molar-refractivity contribution is -0.143. The third kappa shape index (κ3) is 63.4. The van der Waals surface area contributed by atoms with Gasteiger partial charge in [-0.1, -0.05) is 346 Å². The van der Waals surface area contributed by atoms with Crippen molar-refractivity contribution in [3.05, 3.63) is 24.3 Å². The summed E-state index contributed by atoms with van der Waals surface area (Å²) in [6, 6.07) is -0.627. The van der Waals surface area contributed by atoms with Crippen molar-refractivity contribution in [3.8, 4) is 0 Å². The highest BCUT2D eigenvalue weighted by Crippen LogP contribution is 2.18. The van der Waals surface area contributed by atoms with Gasteiger partial charge in [-0.3, -0.25) is 9.59 Å². The maximum Gasteiger partial charge on any atom is 0.305 e. The topological polar surface area (TPSA) is 95.9 Å². The van der Waals surface area contributed by atoms with Crippen LogP contribution in [0.2, 0.25) is 0 Å². The summed E-state index contributed by atoms with van der Waals surface area (Å²) in [7, 11) is 0. The first-order valence-electron chi connectivity index (χ1n) is 35.1. The third-order valence-electron chi connectivity index (χ3n) is 16.5. The van der Waals surface area contributed by atoms with E-state index >= 15 is 0 Å². The first-order valence-corrected chi connectivity index (χ1v) is 35.1. The zero-order chi connectivity index (χ0) is 55.7. The summed E-state index contributed by atoms with van der Waals surface area (Å²) in [4.78, 5) is 24.6. The summed E-state index contributed by atoms with van der Waals surface area (Å²) in [5.74, 6) is -0.0445. The van der Waals surface area contributed by atoms with E-state index in [2.05, 4.69) is 31.3 Å². The molecule has 0 radical (unpaired) electrons. The van der Waals surface area contributed by atoms with Crippen molar-refractivity contribution in [2.24, 2.45) is 0 Å². The largest absolute Gasteiger partial charge is 0.466 e. The second-order valence-electron chi connectivity index (χ2n) is 24.2. The molecule has 2 unspecified atom stereocenters. The van der Waals surface area contributed by atoms with Gasteiger partial charge in [0.05, 0.1) is 25.4 Å².